The average Bonchev–Trinajstić information content (AvgIpc) is 3.57. The van der Waals surface area contributed by atoms with Crippen LogP contribution < -0.4 is 4.74 Å². The van der Waals surface area contributed by atoms with E-state index in [1.165, 1.54) is 10.9 Å². The maximum Gasteiger partial charge on any atom is 0.256 e. The third-order valence-electron chi connectivity index (χ3n) is 7.46. The number of carbonyl (C=O) groups excluding carboxylic acids is 1. The first kappa shape index (κ1) is 19.7. The van der Waals surface area contributed by atoms with Gasteiger partial charge in [0.05, 0.1) is 36.4 Å². The summed E-state index contributed by atoms with van der Waals surface area (Å²) in [6.45, 7) is 0.477. The van der Waals surface area contributed by atoms with E-state index in [0.717, 1.165) is 31.9 Å². The van der Waals surface area contributed by atoms with Crippen molar-refractivity contribution < 1.29 is 13.9 Å². The van der Waals surface area contributed by atoms with Gasteiger partial charge in [-0.05, 0) is 55.9 Å². The third kappa shape index (κ3) is 2.85. The van der Waals surface area contributed by atoms with Crippen LogP contribution in [0.3, 0.4) is 0 Å². The number of piperidine rings is 2. The molecule has 3 aromatic rings. The lowest BCUT2D eigenvalue weighted by Gasteiger charge is -2.40. The van der Waals surface area contributed by atoms with Gasteiger partial charge in [-0.3, -0.25) is 4.79 Å². The number of carbonyl (C=O) groups is 1. The first-order valence-corrected chi connectivity index (χ1v) is 11.2. The van der Waals surface area contributed by atoms with E-state index in [2.05, 4.69) is 20.1 Å². The van der Waals surface area contributed by atoms with Gasteiger partial charge in [0.1, 0.15) is 5.82 Å². The van der Waals surface area contributed by atoms with Gasteiger partial charge in [-0.1, -0.05) is 11.6 Å². The highest BCUT2D eigenvalue weighted by atomic mass is 35.5. The Morgan fingerprint density at radius 3 is 2.81 bits per heavy atom. The minimum absolute atomic E-state index is 0.0408. The number of hydrogen-bond donors (Lipinski definition) is 0. The van der Waals surface area contributed by atoms with E-state index in [4.69, 9.17) is 16.3 Å². The molecule has 1 saturated heterocycles. The number of likely N-dealkylation sites (tertiary alicyclic amines) is 1. The van der Waals surface area contributed by atoms with Gasteiger partial charge >= 0.3 is 0 Å². The number of rotatable bonds is 5. The highest BCUT2D eigenvalue weighted by molar-refractivity contribution is 6.31. The summed E-state index contributed by atoms with van der Waals surface area (Å²) < 4.78 is 19.2. The van der Waals surface area contributed by atoms with Crippen molar-refractivity contribution in [2.24, 2.45) is 11.3 Å². The van der Waals surface area contributed by atoms with Crippen LogP contribution in [0.5, 0.6) is 5.88 Å². The largest absolute Gasteiger partial charge is 0.477 e. The predicted molar refractivity (Wildman–Crippen MR) is 114 cm³/mol. The van der Waals surface area contributed by atoms with Crippen LogP contribution in [-0.4, -0.2) is 49.5 Å². The highest BCUT2D eigenvalue weighted by Gasteiger charge is 2.68. The van der Waals surface area contributed by atoms with Crippen LogP contribution in [0.2, 0.25) is 5.02 Å². The lowest BCUT2D eigenvalue weighted by atomic mass is 9.80. The second-order valence-electron chi connectivity index (χ2n) is 8.83. The number of amides is 1. The zero-order chi connectivity index (χ0) is 21.9. The average molecular weight is 454 g/mol. The van der Waals surface area contributed by atoms with Gasteiger partial charge in [0.25, 0.3) is 5.91 Å². The van der Waals surface area contributed by atoms with E-state index < -0.39 is 5.82 Å². The topological polar surface area (TPSA) is 73.1 Å². The van der Waals surface area contributed by atoms with Crippen LogP contribution in [0.4, 0.5) is 4.39 Å². The highest BCUT2D eigenvalue weighted by Crippen LogP contribution is 2.64. The molecule has 4 unspecified atom stereocenters. The van der Waals surface area contributed by atoms with Crippen molar-refractivity contribution in [3.63, 3.8) is 0 Å². The van der Waals surface area contributed by atoms with E-state index in [1.807, 2.05) is 0 Å². The second-order valence-corrected chi connectivity index (χ2v) is 9.27. The Bertz CT molecular complexity index is 1170. The van der Waals surface area contributed by atoms with Crippen LogP contribution >= 0.6 is 11.6 Å². The molecule has 1 aliphatic heterocycles. The predicted octanol–water partition coefficient (Wildman–Crippen LogP) is 3.92. The first-order valence-electron chi connectivity index (χ1n) is 10.8. The van der Waals surface area contributed by atoms with E-state index >= 15 is 0 Å². The molecular formula is C23H21ClFN5O2. The summed E-state index contributed by atoms with van der Waals surface area (Å²) in [6, 6.07) is 8.40. The van der Waals surface area contributed by atoms with Crippen molar-refractivity contribution in [3.05, 3.63) is 65.3 Å². The van der Waals surface area contributed by atoms with Crippen molar-refractivity contribution in [1.29, 1.82) is 0 Å². The third-order valence-corrected chi connectivity index (χ3v) is 7.70. The summed E-state index contributed by atoms with van der Waals surface area (Å²) in [5.74, 6) is 0.372. The Morgan fingerprint density at radius 2 is 2.03 bits per heavy atom. The second kappa shape index (κ2) is 7.27. The van der Waals surface area contributed by atoms with E-state index in [1.54, 1.807) is 36.7 Å². The molecule has 164 valence electrons. The molecule has 0 N–H and O–H groups in total. The minimum atomic E-state index is -0.391. The summed E-state index contributed by atoms with van der Waals surface area (Å²) in [5, 5.41) is 8.90. The summed E-state index contributed by atoms with van der Waals surface area (Å²) in [4.78, 5) is 21.4. The molecule has 4 bridgehead atoms. The van der Waals surface area contributed by atoms with E-state index in [9.17, 15) is 9.18 Å². The van der Waals surface area contributed by atoms with Gasteiger partial charge in [-0.2, -0.15) is 15.0 Å². The van der Waals surface area contributed by atoms with Crippen molar-refractivity contribution in [2.45, 2.75) is 37.8 Å². The van der Waals surface area contributed by atoms with E-state index in [0.29, 0.717) is 34.7 Å². The summed E-state index contributed by atoms with van der Waals surface area (Å²) in [5.41, 5.74) is 1.02. The minimum Gasteiger partial charge on any atom is -0.477 e. The summed E-state index contributed by atoms with van der Waals surface area (Å²) >= 11 is 6.27. The van der Waals surface area contributed by atoms with Gasteiger partial charge in [-0.15, -0.1) is 0 Å². The molecule has 1 aromatic carbocycles. The fraction of sp³-hybridized carbons (Fsp3) is 0.391. The molecule has 2 aromatic heterocycles. The van der Waals surface area contributed by atoms with Crippen LogP contribution in [-0.2, 0) is 0 Å². The van der Waals surface area contributed by atoms with Gasteiger partial charge in [-0.25, -0.2) is 9.37 Å². The molecule has 9 heteroatoms. The number of pyridine rings is 1. The quantitative estimate of drug-likeness (QED) is 0.585. The monoisotopic (exact) mass is 453 g/mol. The smallest absolute Gasteiger partial charge is 0.256 e. The Balaban J connectivity index is 1.31. The van der Waals surface area contributed by atoms with Gasteiger partial charge in [0, 0.05) is 28.6 Å². The molecule has 2 saturated carbocycles. The van der Waals surface area contributed by atoms with Crippen LogP contribution in [0, 0.1) is 17.2 Å². The number of halogens is 2. The van der Waals surface area contributed by atoms with Crippen molar-refractivity contribution >= 4 is 17.5 Å². The maximum atomic E-state index is 13.9. The van der Waals surface area contributed by atoms with Crippen molar-refractivity contribution in [1.82, 2.24) is 24.9 Å². The standard InChI is InChI=1S/C23H21ClFN5O2/c24-14-1-4-18(30-27-9-10-28-30)16(11-14)22(31)29-19-7-8-23(17(19)3-5-20(23)29)13-32-21-6-2-15(25)12-26-21/h1-2,4,6,9-12,17,19-20H,3,5,7-8,13H2. The molecule has 32 heavy (non-hydrogen) atoms. The zero-order valence-electron chi connectivity index (χ0n) is 17.2. The normalized spacial score (nSPS) is 27.8. The molecule has 3 heterocycles. The summed E-state index contributed by atoms with van der Waals surface area (Å²) in [6.07, 6.45) is 8.32. The molecular weight excluding hydrogens is 433 g/mol. The molecule has 1 amide bonds. The Kier molecular flexibility index (Phi) is 4.47. The van der Waals surface area contributed by atoms with Crippen molar-refractivity contribution in [3.8, 4) is 11.6 Å². The van der Waals surface area contributed by atoms with E-state index in [-0.39, 0.29) is 23.4 Å². The fourth-order valence-electron chi connectivity index (χ4n) is 6.24. The van der Waals surface area contributed by atoms with Crippen LogP contribution in [0.1, 0.15) is 36.0 Å². The van der Waals surface area contributed by atoms with Gasteiger partial charge < -0.3 is 9.64 Å². The molecule has 0 radical (unpaired) electrons. The SMILES string of the molecule is O=C(c1cc(Cl)ccc1-n1nccn1)N1C2CCC3(COc4ccc(F)cn4)C2CCC13. The van der Waals surface area contributed by atoms with Gasteiger partial charge in [0.2, 0.25) is 5.88 Å². The molecule has 3 fully saturated rings. The number of hydrogen-bond acceptors (Lipinski definition) is 5. The maximum absolute atomic E-state index is 13.9. The molecule has 4 atom stereocenters. The molecule has 3 aliphatic rings. The Hall–Kier alpha value is -3.00. The number of benzene rings is 1. The van der Waals surface area contributed by atoms with Crippen LogP contribution in [0.15, 0.2) is 48.9 Å². The lowest BCUT2D eigenvalue weighted by molar-refractivity contribution is 0.0383. The number of ether oxygens (including phenoxy) is 1. The Morgan fingerprint density at radius 1 is 1.19 bits per heavy atom. The lowest BCUT2D eigenvalue weighted by Crippen LogP contribution is -2.50. The molecule has 0 spiro atoms. The van der Waals surface area contributed by atoms with Crippen LogP contribution in [0.25, 0.3) is 5.69 Å². The zero-order valence-corrected chi connectivity index (χ0v) is 18.0. The molecule has 6 rings (SSSR count). The molecule has 2 aliphatic carbocycles. The fourth-order valence-corrected chi connectivity index (χ4v) is 6.41. The Labute approximate surface area is 189 Å². The number of nitrogens with zero attached hydrogens (tertiary/aromatic N) is 5. The van der Waals surface area contributed by atoms with Crippen molar-refractivity contribution in [2.75, 3.05) is 6.61 Å². The van der Waals surface area contributed by atoms with Gasteiger partial charge in [0.15, 0.2) is 0 Å². The number of aromatic nitrogens is 4. The first-order chi connectivity index (χ1) is 15.6. The molecule has 7 nitrogen and oxygen atoms in total. The summed E-state index contributed by atoms with van der Waals surface area (Å²) in [7, 11) is 0.